The van der Waals surface area contributed by atoms with E-state index in [0.29, 0.717) is 5.56 Å². The highest BCUT2D eigenvalue weighted by atomic mass is 32.2. The van der Waals surface area contributed by atoms with Crippen LogP contribution in [0.3, 0.4) is 0 Å². The van der Waals surface area contributed by atoms with Crippen molar-refractivity contribution in [2.75, 3.05) is 5.32 Å². The number of carbonyl (C=O) groups is 1. The fraction of sp³-hybridized carbons (Fsp3) is 0.0769. The summed E-state index contributed by atoms with van der Waals surface area (Å²) in [5.74, 6) is -0.0596. The average Bonchev–Trinajstić information content (AvgIpc) is 2.82. The number of rotatable bonds is 7. The number of hydrogen-bond acceptors (Lipinski definition) is 4. The van der Waals surface area contributed by atoms with E-state index in [2.05, 4.69) is 10.7 Å². The Labute approximate surface area is 180 Å². The molecule has 0 bridgehead atoms. The molecule has 4 aromatic rings. The van der Waals surface area contributed by atoms with E-state index >= 15 is 0 Å². The number of thiocyanates is 1. The van der Waals surface area contributed by atoms with Gasteiger partial charge in [0.2, 0.25) is 0 Å². The van der Waals surface area contributed by atoms with Gasteiger partial charge >= 0.3 is 0 Å². The van der Waals surface area contributed by atoms with Gasteiger partial charge in [-0.3, -0.25) is 4.79 Å². The number of hydrogen-bond donors (Lipinski definition) is 1. The van der Waals surface area contributed by atoms with Crippen LogP contribution in [0.1, 0.15) is 22.0 Å². The fourth-order valence-corrected chi connectivity index (χ4v) is 4.34. The zero-order valence-corrected chi connectivity index (χ0v) is 17.0. The zero-order valence-electron chi connectivity index (χ0n) is 16.2. The van der Waals surface area contributed by atoms with Gasteiger partial charge < -0.3 is 5.32 Å². The van der Waals surface area contributed by atoms with Gasteiger partial charge in [-0.2, -0.15) is 5.26 Å². The SMILES string of the molecule is N#CS[C@@H](C(=O)c1cccc2ccccc12)[C@@H](Nc1ccccc1)c1ccccc1. The third-order valence-electron chi connectivity index (χ3n) is 5.05. The van der Waals surface area contributed by atoms with Gasteiger partial charge in [-0.1, -0.05) is 91.0 Å². The molecular weight excluding hydrogens is 388 g/mol. The summed E-state index contributed by atoms with van der Waals surface area (Å²) >= 11 is 1.00. The lowest BCUT2D eigenvalue weighted by Crippen LogP contribution is -2.30. The van der Waals surface area contributed by atoms with Gasteiger partial charge in [0.05, 0.1) is 6.04 Å². The summed E-state index contributed by atoms with van der Waals surface area (Å²) in [5, 5.41) is 16.5. The molecule has 2 atom stereocenters. The molecular formula is C26H20N2OS. The molecule has 0 aliphatic heterocycles. The number of ketones is 1. The van der Waals surface area contributed by atoms with Crippen LogP contribution in [-0.2, 0) is 0 Å². The molecule has 0 radical (unpaired) electrons. The van der Waals surface area contributed by atoms with Gasteiger partial charge in [0.25, 0.3) is 0 Å². The summed E-state index contributed by atoms with van der Waals surface area (Å²) in [5.41, 5.74) is 2.50. The molecule has 146 valence electrons. The maximum Gasteiger partial charge on any atom is 0.179 e. The van der Waals surface area contributed by atoms with E-state index in [0.717, 1.165) is 33.8 Å². The molecule has 0 saturated carbocycles. The van der Waals surface area contributed by atoms with Crippen LogP contribution >= 0.6 is 11.8 Å². The predicted octanol–water partition coefficient (Wildman–Crippen LogP) is 6.46. The van der Waals surface area contributed by atoms with E-state index in [-0.39, 0.29) is 11.8 Å². The number of anilines is 1. The monoisotopic (exact) mass is 408 g/mol. The molecule has 0 heterocycles. The first-order valence-corrected chi connectivity index (χ1v) is 10.6. The number of thioether (sulfide) groups is 1. The highest BCUT2D eigenvalue weighted by Crippen LogP contribution is 2.34. The second-order valence-electron chi connectivity index (χ2n) is 6.92. The Morgan fingerprint density at radius 3 is 2.17 bits per heavy atom. The lowest BCUT2D eigenvalue weighted by molar-refractivity contribution is 0.0985. The summed E-state index contributed by atoms with van der Waals surface area (Å²) < 4.78 is 0. The van der Waals surface area contributed by atoms with Crippen molar-refractivity contribution in [3.63, 3.8) is 0 Å². The van der Waals surface area contributed by atoms with Crippen molar-refractivity contribution < 1.29 is 4.79 Å². The van der Waals surface area contributed by atoms with E-state index in [4.69, 9.17) is 0 Å². The molecule has 0 saturated heterocycles. The van der Waals surface area contributed by atoms with E-state index < -0.39 is 5.25 Å². The van der Waals surface area contributed by atoms with Crippen molar-refractivity contribution in [3.05, 3.63) is 114 Å². The lowest BCUT2D eigenvalue weighted by Gasteiger charge is -2.27. The van der Waals surface area contributed by atoms with Crippen molar-refractivity contribution in [3.8, 4) is 5.40 Å². The Morgan fingerprint density at radius 2 is 1.43 bits per heavy atom. The maximum absolute atomic E-state index is 13.7. The summed E-state index contributed by atoms with van der Waals surface area (Å²) in [6, 6.07) is 32.8. The van der Waals surface area contributed by atoms with Crippen molar-refractivity contribution in [1.29, 1.82) is 5.26 Å². The maximum atomic E-state index is 13.7. The molecule has 0 amide bonds. The van der Waals surface area contributed by atoms with Gasteiger partial charge in [-0.05, 0) is 40.2 Å². The van der Waals surface area contributed by atoms with E-state index in [1.807, 2.05) is 103 Å². The number of nitrogens with one attached hydrogen (secondary N) is 1. The third kappa shape index (κ3) is 4.22. The van der Waals surface area contributed by atoms with Crippen molar-refractivity contribution in [2.45, 2.75) is 11.3 Å². The fourth-order valence-electron chi connectivity index (χ4n) is 3.63. The zero-order chi connectivity index (χ0) is 20.8. The predicted molar refractivity (Wildman–Crippen MR) is 125 cm³/mol. The number of Topliss-reactive ketones (excluding diaryl/α,β-unsaturated/α-hetero) is 1. The van der Waals surface area contributed by atoms with Crippen LogP contribution < -0.4 is 5.32 Å². The van der Waals surface area contributed by atoms with Crippen LogP contribution in [0.5, 0.6) is 0 Å². The van der Waals surface area contributed by atoms with Crippen LogP contribution in [-0.4, -0.2) is 11.0 Å². The minimum absolute atomic E-state index is 0.0596. The molecule has 0 aliphatic rings. The normalized spacial score (nSPS) is 12.6. The van der Waals surface area contributed by atoms with Crippen LogP contribution in [0.2, 0.25) is 0 Å². The van der Waals surface area contributed by atoms with Gasteiger partial charge in [-0.15, -0.1) is 0 Å². The molecule has 30 heavy (non-hydrogen) atoms. The largest absolute Gasteiger partial charge is 0.377 e. The topological polar surface area (TPSA) is 52.9 Å². The number of nitrogens with zero attached hydrogens (tertiary/aromatic N) is 1. The van der Waals surface area contributed by atoms with Gasteiger partial charge in [0.1, 0.15) is 10.7 Å². The first-order chi connectivity index (χ1) is 14.8. The number of fused-ring (bicyclic) bond motifs is 1. The van der Waals surface area contributed by atoms with E-state index in [1.54, 1.807) is 0 Å². The Bertz CT molecular complexity index is 1180. The first kappa shape index (κ1) is 19.8. The first-order valence-electron chi connectivity index (χ1n) is 9.71. The van der Waals surface area contributed by atoms with E-state index in [1.165, 1.54) is 0 Å². The van der Waals surface area contributed by atoms with Crippen LogP contribution in [0.4, 0.5) is 5.69 Å². The summed E-state index contributed by atoms with van der Waals surface area (Å²) in [7, 11) is 0. The lowest BCUT2D eigenvalue weighted by atomic mass is 9.94. The number of para-hydroxylation sites is 1. The van der Waals surface area contributed by atoms with E-state index in [9.17, 15) is 10.1 Å². The van der Waals surface area contributed by atoms with Crippen LogP contribution in [0.25, 0.3) is 10.8 Å². The average molecular weight is 409 g/mol. The summed E-state index contributed by atoms with van der Waals surface area (Å²) in [6.07, 6.45) is 0. The third-order valence-corrected chi connectivity index (χ3v) is 5.90. The minimum atomic E-state index is -0.608. The smallest absolute Gasteiger partial charge is 0.179 e. The Balaban J connectivity index is 1.79. The quantitative estimate of drug-likeness (QED) is 0.282. The Hall–Kier alpha value is -3.55. The van der Waals surface area contributed by atoms with Crippen molar-refractivity contribution in [1.82, 2.24) is 0 Å². The highest BCUT2D eigenvalue weighted by Gasteiger charge is 2.32. The molecule has 1 N–H and O–H groups in total. The molecule has 4 rings (SSSR count). The molecule has 4 heteroatoms. The van der Waals surface area contributed by atoms with Gasteiger partial charge in [-0.25, -0.2) is 0 Å². The molecule has 4 aromatic carbocycles. The highest BCUT2D eigenvalue weighted by molar-refractivity contribution is 8.05. The van der Waals surface area contributed by atoms with Crippen LogP contribution in [0, 0.1) is 10.7 Å². The number of carbonyl (C=O) groups excluding carboxylic acids is 1. The number of benzene rings is 4. The van der Waals surface area contributed by atoms with Gasteiger partial charge in [0.15, 0.2) is 5.78 Å². The summed E-state index contributed by atoms with van der Waals surface area (Å²) in [6.45, 7) is 0. The van der Waals surface area contributed by atoms with Crippen molar-refractivity contribution >= 4 is 34.0 Å². The molecule has 0 aromatic heterocycles. The summed E-state index contributed by atoms with van der Waals surface area (Å²) in [4.78, 5) is 13.7. The molecule has 0 fully saturated rings. The minimum Gasteiger partial charge on any atom is -0.377 e. The number of nitriles is 1. The van der Waals surface area contributed by atoms with Crippen molar-refractivity contribution in [2.24, 2.45) is 0 Å². The second kappa shape index (κ2) is 9.30. The molecule has 0 aliphatic carbocycles. The Morgan fingerprint density at radius 1 is 0.800 bits per heavy atom. The Kier molecular flexibility index (Phi) is 6.12. The molecule has 0 spiro atoms. The van der Waals surface area contributed by atoms with Crippen LogP contribution in [0.15, 0.2) is 103 Å². The second-order valence-corrected chi connectivity index (χ2v) is 7.85. The molecule has 0 unspecified atom stereocenters. The van der Waals surface area contributed by atoms with Gasteiger partial charge in [0, 0.05) is 11.3 Å². The standard InChI is InChI=1S/C26H20N2OS/c27-18-30-26(25(29)23-17-9-13-19-10-7-8-16-22(19)23)24(20-11-3-1-4-12-20)28-21-14-5-2-6-15-21/h1-17,24,26,28H/t24-,26+/m0/s1. The molecule has 3 nitrogen and oxygen atoms in total.